The third-order valence-electron chi connectivity index (χ3n) is 3.31. The Morgan fingerprint density at radius 1 is 1.25 bits per heavy atom. The van der Waals surface area contributed by atoms with Gasteiger partial charge in [-0.2, -0.15) is 0 Å². The average Bonchev–Trinajstić information content (AvgIpc) is 2.38. The van der Waals surface area contributed by atoms with E-state index < -0.39 is 0 Å². The third kappa shape index (κ3) is 3.04. The van der Waals surface area contributed by atoms with Gasteiger partial charge in [-0.05, 0) is 30.7 Å². The topological polar surface area (TPSA) is 47.3 Å². The summed E-state index contributed by atoms with van der Waals surface area (Å²) >= 11 is 0. The number of nitrogens with two attached hydrogens (primary N) is 1. The van der Waals surface area contributed by atoms with Crippen molar-refractivity contribution in [2.75, 3.05) is 13.2 Å². The van der Waals surface area contributed by atoms with Crippen LogP contribution in [0.4, 0.5) is 0 Å². The normalized spacial score (nSPS) is 19.6. The van der Waals surface area contributed by atoms with Gasteiger partial charge in [-0.1, -0.05) is 30.3 Å². The van der Waals surface area contributed by atoms with Crippen molar-refractivity contribution in [1.29, 1.82) is 0 Å². The second-order valence-corrected chi connectivity index (χ2v) is 4.42. The van der Waals surface area contributed by atoms with Gasteiger partial charge in [0.25, 0.3) is 0 Å². The highest BCUT2D eigenvalue weighted by molar-refractivity contribution is 5.18. The maximum absolute atomic E-state index is 5.64. The molecule has 1 atom stereocenters. The molecule has 0 aromatic heterocycles. The molecule has 2 rings (SSSR count). The number of hydrogen-bond donors (Lipinski definition) is 2. The summed E-state index contributed by atoms with van der Waals surface area (Å²) in [4.78, 5) is 0. The van der Waals surface area contributed by atoms with Crippen LogP contribution >= 0.6 is 0 Å². The number of hydrogen-bond acceptors (Lipinski definition) is 3. The Bertz CT molecular complexity index is 296. The molecule has 0 aliphatic carbocycles. The van der Waals surface area contributed by atoms with Crippen molar-refractivity contribution in [1.82, 2.24) is 5.43 Å². The van der Waals surface area contributed by atoms with E-state index in [1.807, 2.05) is 6.07 Å². The molecule has 3 heteroatoms. The standard InChI is InChI=1S/C13H20N2O/c14-15-13(12-4-2-1-3-5-12)10-11-6-8-16-9-7-11/h1-5,11,13,15H,6-10,14H2. The van der Waals surface area contributed by atoms with E-state index in [2.05, 4.69) is 29.7 Å². The zero-order chi connectivity index (χ0) is 11.2. The lowest BCUT2D eigenvalue weighted by Gasteiger charge is -2.26. The lowest BCUT2D eigenvalue weighted by molar-refractivity contribution is 0.0605. The van der Waals surface area contributed by atoms with Crippen LogP contribution in [-0.2, 0) is 4.74 Å². The highest BCUT2D eigenvalue weighted by Gasteiger charge is 2.19. The molecule has 16 heavy (non-hydrogen) atoms. The second-order valence-electron chi connectivity index (χ2n) is 4.42. The first kappa shape index (κ1) is 11.6. The number of hydrazine groups is 1. The van der Waals surface area contributed by atoms with Gasteiger partial charge in [-0.3, -0.25) is 11.3 Å². The Morgan fingerprint density at radius 2 is 1.94 bits per heavy atom. The van der Waals surface area contributed by atoms with Gasteiger partial charge in [-0.15, -0.1) is 0 Å². The summed E-state index contributed by atoms with van der Waals surface area (Å²) in [6.07, 6.45) is 3.42. The van der Waals surface area contributed by atoms with Crippen molar-refractivity contribution in [3.63, 3.8) is 0 Å². The predicted molar refractivity (Wildman–Crippen MR) is 64.7 cm³/mol. The Balaban J connectivity index is 1.94. The first-order chi connectivity index (χ1) is 7.90. The molecule has 3 N–H and O–H groups in total. The largest absolute Gasteiger partial charge is 0.381 e. The molecule has 0 amide bonds. The predicted octanol–water partition coefficient (Wildman–Crippen LogP) is 2.01. The van der Waals surface area contributed by atoms with Crippen molar-refractivity contribution >= 4 is 0 Å². The fraction of sp³-hybridized carbons (Fsp3) is 0.538. The van der Waals surface area contributed by atoms with Crippen LogP contribution in [0.25, 0.3) is 0 Å². The summed E-state index contributed by atoms with van der Waals surface area (Å²) in [5, 5.41) is 0. The molecule has 1 aliphatic heterocycles. The number of nitrogens with one attached hydrogen (secondary N) is 1. The van der Waals surface area contributed by atoms with Crippen LogP contribution in [0.5, 0.6) is 0 Å². The van der Waals surface area contributed by atoms with Crippen LogP contribution in [0.2, 0.25) is 0 Å². The maximum atomic E-state index is 5.64. The molecular formula is C13H20N2O. The Morgan fingerprint density at radius 3 is 2.56 bits per heavy atom. The number of rotatable bonds is 4. The molecular weight excluding hydrogens is 200 g/mol. The summed E-state index contributed by atoms with van der Waals surface area (Å²) in [7, 11) is 0. The van der Waals surface area contributed by atoms with Gasteiger partial charge >= 0.3 is 0 Å². The molecule has 3 nitrogen and oxygen atoms in total. The first-order valence-corrected chi connectivity index (χ1v) is 5.99. The highest BCUT2D eigenvalue weighted by Crippen LogP contribution is 2.26. The minimum Gasteiger partial charge on any atom is -0.381 e. The molecule has 1 heterocycles. The van der Waals surface area contributed by atoms with E-state index in [9.17, 15) is 0 Å². The molecule has 1 fully saturated rings. The van der Waals surface area contributed by atoms with Crippen molar-refractivity contribution in [3.8, 4) is 0 Å². The molecule has 1 saturated heterocycles. The lowest BCUT2D eigenvalue weighted by atomic mass is 9.90. The van der Waals surface area contributed by atoms with Crippen LogP contribution in [0.1, 0.15) is 30.9 Å². The van der Waals surface area contributed by atoms with Crippen molar-refractivity contribution in [2.45, 2.75) is 25.3 Å². The zero-order valence-corrected chi connectivity index (χ0v) is 9.56. The lowest BCUT2D eigenvalue weighted by Crippen LogP contribution is -2.31. The Hall–Kier alpha value is -0.900. The monoisotopic (exact) mass is 220 g/mol. The minimum atomic E-state index is 0.268. The molecule has 0 spiro atoms. The van der Waals surface area contributed by atoms with Gasteiger partial charge in [0.05, 0.1) is 0 Å². The Kier molecular flexibility index (Phi) is 4.34. The fourth-order valence-corrected chi connectivity index (χ4v) is 2.30. The van der Waals surface area contributed by atoms with Gasteiger partial charge in [0.2, 0.25) is 0 Å². The van der Waals surface area contributed by atoms with Crippen LogP contribution in [-0.4, -0.2) is 13.2 Å². The SMILES string of the molecule is NNC(CC1CCOCC1)c1ccccc1. The maximum Gasteiger partial charge on any atom is 0.0468 e. The van der Waals surface area contributed by atoms with Crippen LogP contribution in [0.15, 0.2) is 30.3 Å². The summed E-state index contributed by atoms with van der Waals surface area (Å²) < 4.78 is 5.37. The van der Waals surface area contributed by atoms with E-state index >= 15 is 0 Å². The van der Waals surface area contributed by atoms with Crippen LogP contribution in [0.3, 0.4) is 0 Å². The molecule has 88 valence electrons. The van der Waals surface area contributed by atoms with Gasteiger partial charge < -0.3 is 4.74 Å². The summed E-state index contributed by atoms with van der Waals surface area (Å²) in [6.45, 7) is 1.80. The summed E-state index contributed by atoms with van der Waals surface area (Å²) in [5.41, 5.74) is 4.20. The fourth-order valence-electron chi connectivity index (χ4n) is 2.30. The number of ether oxygens (including phenoxy) is 1. The molecule has 1 aromatic rings. The van der Waals surface area contributed by atoms with E-state index in [4.69, 9.17) is 10.6 Å². The van der Waals surface area contributed by atoms with Gasteiger partial charge in [0.1, 0.15) is 0 Å². The highest BCUT2D eigenvalue weighted by atomic mass is 16.5. The van der Waals surface area contributed by atoms with Crippen LogP contribution in [0, 0.1) is 5.92 Å². The minimum absolute atomic E-state index is 0.268. The van der Waals surface area contributed by atoms with Crippen molar-refractivity contribution < 1.29 is 4.74 Å². The van der Waals surface area contributed by atoms with Gasteiger partial charge in [0.15, 0.2) is 0 Å². The van der Waals surface area contributed by atoms with E-state index in [1.165, 1.54) is 5.56 Å². The van der Waals surface area contributed by atoms with Crippen LogP contribution < -0.4 is 11.3 Å². The van der Waals surface area contributed by atoms with E-state index in [-0.39, 0.29) is 6.04 Å². The van der Waals surface area contributed by atoms with Crippen molar-refractivity contribution in [3.05, 3.63) is 35.9 Å². The Labute approximate surface area is 97.0 Å². The molecule has 1 aliphatic rings. The molecule has 0 bridgehead atoms. The molecule has 0 saturated carbocycles. The van der Waals surface area contributed by atoms with Gasteiger partial charge in [0, 0.05) is 19.3 Å². The second kappa shape index (κ2) is 5.99. The number of benzene rings is 1. The molecule has 1 aromatic carbocycles. The van der Waals surface area contributed by atoms with Gasteiger partial charge in [-0.25, -0.2) is 0 Å². The zero-order valence-electron chi connectivity index (χ0n) is 9.56. The van der Waals surface area contributed by atoms with E-state index in [0.717, 1.165) is 38.4 Å². The summed E-state index contributed by atoms with van der Waals surface area (Å²) in [5.74, 6) is 6.37. The third-order valence-corrected chi connectivity index (χ3v) is 3.31. The molecule has 1 unspecified atom stereocenters. The van der Waals surface area contributed by atoms with Crippen molar-refractivity contribution in [2.24, 2.45) is 11.8 Å². The average molecular weight is 220 g/mol. The summed E-state index contributed by atoms with van der Waals surface area (Å²) in [6, 6.07) is 10.7. The van der Waals surface area contributed by atoms with E-state index in [1.54, 1.807) is 0 Å². The quantitative estimate of drug-likeness (QED) is 0.602. The first-order valence-electron chi connectivity index (χ1n) is 5.99. The van der Waals surface area contributed by atoms with E-state index in [0.29, 0.717) is 0 Å². The smallest absolute Gasteiger partial charge is 0.0468 e. The molecule has 0 radical (unpaired) electrons.